The van der Waals surface area contributed by atoms with Crippen LogP contribution < -0.4 is 0 Å². The van der Waals surface area contributed by atoms with Crippen LogP contribution in [0, 0.1) is 5.82 Å². The number of para-hydroxylation sites is 1. The highest BCUT2D eigenvalue weighted by Crippen LogP contribution is 2.27. The fourth-order valence-electron chi connectivity index (χ4n) is 4.27. The number of amidine groups is 2. The highest BCUT2D eigenvalue weighted by Gasteiger charge is 2.24. The number of nitrogens with zero attached hydrogens (tertiary/aromatic N) is 5. The molecule has 0 unspecified atom stereocenters. The van der Waals surface area contributed by atoms with Crippen LogP contribution in [-0.4, -0.2) is 32.3 Å². The Labute approximate surface area is 226 Å². The van der Waals surface area contributed by atoms with E-state index in [9.17, 15) is 9.18 Å². The molecular formula is C29H19FIN5O. The Balaban J connectivity index is 1.48. The molecule has 1 aromatic heterocycles. The molecule has 0 radical (unpaired) electrons. The van der Waals surface area contributed by atoms with Gasteiger partial charge in [0, 0.05) is 33.6 Å². The molecule has 0 N–H and O–H groups in total. The SMILES string of the molecule is O=C(N=C1N=C2C=CC(I)=CN2Cc2ccccc21)c1cn(-c2ccccc2)nc1-c1ccc(F)cc1. The van der Waals surface area contributed by atoms with Gasteiger partial charge in [-0.3, -0.25) is 4.79 Å². The first kappa shape index (κ1) is 23.2. The van der Waals surface area contributed by atoms with Crippen LogP contribution in [0.15, 0.2) is 117 Å². The first-order chi connectivity index (χ1) is 18.0. The average Bonchev–Trinajstić information content (AvgIpc) is 3.30. The molecule has 0 bridgehead atoms. The van der Waals surface area contributed by atoms with E-state index in [-0.39, 0.29) is 5.82 Å². The minimum Gasteiger partial charge on any atom is -0.327 e. The third-order valence-electron chi connectivity index (χ3n) is 6.07. The molecule has 0 fully saturated rings. The first-order valence-corrected chi connectivity index (χ1v) is 12.7. The van der Waals surface area contributed by atoms with Crippen molar-refractivity contribution in [2.24, 2.45) is 9.98 Å². The molecule has 6 nitrogen and oxygen atoms in total. The molecule has 8 heteroatoms. The lowest BCUT2D eigenvalue weighted by Crippen LogP contribution is -2.24. The monoisotopic (exact) mass is 599 g/mol. The number of rotatable bonds is 3. The van der Waals surface area contributed by atoms with Crippen LogP contribution in [0.1, 0.15) is 21.5 Å². The molecule has 4 aromatic rings. The Morgan fingerprint density at radius 2 is 1.70 bits per heavy atom. The quantitative estimate of drug-likeness (QED) is 0.259. The second-order valence-electron chi connectivity index (χ2n) is 8.52. The number of carbonyl (C=O) groups excluding carboxylic acids is 1. The van der Waals surface area contributed by atoms with Gasteiger partial charge in [-0.25, -0.2) is 14.1 Å². The molecule has 0 saturated heterocycles. The molecule has 0 saturated carbocycles. The standard InChI is InChI=1S/C29H19FIN5O/c30-21-12-10-19(11-13-21)27-25(18-36(34-27)23-7-2-1-3-8-23)29(37)33-28-24-9-5-4-6-20(24)16-35-17-22(31)14-15-26(35)32-28/h1-15,17-18H,16H2. The molecule has 3 heterocycles. The van der Waals surface area contributed by atoms with Gasteiger partial charge in [-0.1, -0.05) is 42.5 Å². The highest BCUT2D eigenvalue weighted by molar-refractivity contribution is 14.1. The summed E-state index contributed by atoms with van der Waals surface area (Å²) in [4.78, 5) is 25.1. The van der Waals surface area contributed by atoms with Crippen molar-refractivity contribution >= 4 is 40.2 Å². The van der Waals surface area contributed by atoms with Crippen molar-refractivity contribution < 1.29 is 9.18 Å². The summed E-state index contributed by atoms with van der Waals surface area (Å²) in [6.07, 6.45) is 7.58. The Bertz CT molecular complexity index is 1630. The van der Waals surface area contributed by atoms with Crippen molar-refractivity contribution in [2.45, 2.75) is 6.54 Å². The second-order valence-corrected chi connectivity index (χ2v) is 9.77. The van der Waals surface area contributed by atoms with Gasteiger partial charge >= 0.3 is 0 Å². The fourth-order valence-corrected chi connectivity index (χ4v) is 4.79. The largest absolute Gasteiger partial charge is 0.327 e. The number of fused-ring (bicyclic) bond motifs is 2. The van der Waals surface area contributed by atoms with E-state index in [1.165, 1.54) is 12.1 Å². The van der Waals surface area contributed by atoms with Crippen LogP contribution in [0.5, 0.6) is 0 Å². The Hall–Kier alpha value is -4.18. The van der Waals surface area contributed by atoms with Crippen molar-refractivity contribution in [2.75, 3.05) is 0 Å². The zero-order valence-electron chi connectivity index (χ0n) is 19.4. The Morgan fingerprint density at radius 1 is 0.946 bits per heavy atom. The molecule has 0 spiro atoms. The Kier molecular flexibility index (Phi) is 6.09. The third-order valence-corrected chi connectivity index (χ3v) is 6.71. The second kappa shape index (κ2) is 9.70. The van der Waals surface area contributed by atoms with Gasteiger partial charge in [0.05, 0.1) is 11.3 Å². The number of aliphatic imine (C=N–C) groups is 2. The van der Waals surface area contributed by atoms with Crippen LogP contribution >= 0.6 is 22.6 Å². The van der Waals surface area contributed by atoms with E-state index in [0.29, 0.717) is 35.0 Å². The summed E-state index contributed by atoms with van der Waals surface area (Å²) in [6, 6.07) is 23.2. The number of aromatic nitrogens is 2. The number of hydrogen-bond donors (Lipinski definition) is 0. The van der Waals surface area contributed by atoms with Crippen molar-refractivity contribution in [3.8, 4) is 16.9 Å². The lowest BCUT2D eigenvalue weighted by Gasteiger charge is -2.21. The van der Waals surface area contributed by atoms with Gasteiger partial charge < -0.3 is 4.90 Å². The number of benzene rings is 3. The van der Waals surface area contributed by atoms with Gasteiger partial charge in [-0.2, -0.15) is 10.1 Å². The normalized spacial score (nSPS) is 15.5. The molecule has 37 heavy (non-hydrogen) atoms. The predicted molar refractivity (Wildman–Crippen MR) is 150 cm³/mol. The van der Waals surface area contributed by atoms with Crippen LogP contribution in [0.3, 0.4) is 0 Å². The maximum Gasteiger partial charge on any atom is 0.282 e. The van der Waals surface area contributed by atoms with Crippen LogP contribution in [0.4, 0.5) is 4.39 Å². The lowest BCUT2D eigenvalue weighted by molar-refractivity contribution is 0.100. The summed E-state index contributed by atoms with van der Waals surface area (Å²) in [6.45, 7) is 0.617. The summed E-state index contributed by atoms with van der Waals surface area (Å²) in [5.41, 5.74) is 3.95. The van der Waals surface area contributed by atoms with Gasteiger partial charge in [0.1, 0.15) is 17.3 Å². The summed E-state index contributed by atoms with van der Waals surface area (Å²) >= 11 is 2.27. The number of halogens is 2. The lowest BCUT2D eigenvalue weighted by atomic mass is 10.1. The van der Waals surface area contributed by atoms with E-state index in [1.807, 2.05) is 77.8 Å². The van der Waals surface area contributed by atoms with Crippen molar-refractivity contribution in [3.05, 3.63) is 129 Å². The van der Waals surface area contributed by atoms with E-state index >= 15 is 0 Å². The fraction of sp³-hybridized carbons (Fsp3) is 0.0345. The third kappa shape index (κ3) is 4.67. The van der Waals surface area contributed by atoms with E-state index in [2.05, 4.69) is 32.7 Å². The minimum atomic E-state index is -0.478. The smallest absolute Gasteiger partial charge is 0.282 e. The van der Waals surface area contributed by atoms with E-state index in [1.54, 1.807) is 23.0 Å². The van der Waals surface area contributed by atoms with Gasteiger partial charge in [0.25, 0.3) is 5.91 Å². The van der Waals surface area contributed by atoms with Crippen molar-refractivity contribution in [1.29, 1.82) is 0 Å². The van der Waals surface area contributed by atoms with Gasteiger partial charge in [-0.05, 0) is 76.7 Å². The summed E-state index contributed by atoms with van der Waals surface area (Å²) in [7, 11) is 0. The molecule has 2 aliphatic rings. The molecule has 180 valence electrons. The molecule has 1 amide bonds. The van der Waals surface area contributed by atoms with E-state index < -0.39 is 5.91 Å². The molecular weight excluding hydrogens is 580 g/mol. The van der Waals surface area contributed by atoms with Gasteiger partial charge in [0.15, 0.2) is 5.84 Å². The van der Waals surface area contributed by atoms with Crippen molar-refractivity contribution in [3.63, 3.8) is 0 Å². The maximum absolute atomic E-state index is 13.7. The van der Waals surface area contributed by atoms with Crippen LogP contribution in [0.2, 0.25) is 0 Å². The first-order valence-electron chi connectivity index (χ1n) is 11.6. The molecule has 3 aromatic carbocycles. The highest BCUT2D eigenvalue weighted by atomic mass is 127. The summed E-state index contributed by atoms with van der Waals surface area (Å²) in [5.74, 6) is 0.209. The maximum atomic E-state index is 13.7. The van der Waals surface area contributed by atoms with Gasteiger partial charge in [0.2, 0.25) is 0 Å². The van der Waals surface area contributed by atoms with Crippen molar-refractivity contribution in [1.82, 2.24) is 14.7 Å². The number of carbonyl (C=O) groups is 1. The number of hydrogen-bond acceptors (Lipinski definition) is 3. The predicted octanol–water partition coefficient (Wildman–Crippen LogP) is 6.33. The average molecular weight is 599 g/mol. The molecule has 0 aliphatic carbocycles. The zero-order valence-corrected chi connectivity index (χ0v) is 21.6. The molecule has 2 aliphatic heterocycles. The zero-order chi connectivity index (χ0) is 25.4. The number of amides is 1. The Morgan fingerprint density at radius 3 is 2.51 bits per heavy atom. The summed E-state index contributed by atoms with van der Waals surface area (Å²) < 4.78 is 16.4. The van der Waals surface area contributed by atoms with E-state index in [0.717, 1.165) is 20.4 Å². The van der Waals surface area contributed by atoms with Gasteiger partial charge in [-0.15, -0.1) is 0 Å². The minimum absolute atomic E-state index is 0.301. The molecule has 6 rings (SSSR count). The topological polar surface area (TPSA) is 62.9 Å². The molecule has 0 atom stereocenters. The summed E-state index contributed by atoms with van der Waals surface area (Å²) in [5, 5.41) is 4.67. The van der Waals surface area contributed by atoms with E-state index in [4.69, 9.17) is 4.99 Å². The van der Waals surface area contributed by atoms with Crippen LogP contribution in [0.25, 0.3) is 16.9 Å². The van der Waals surface area contributed by atoms with Crippen LogP contribution in [-0.2, 0) is 6.54 Å². The number of allylic oxidation sites excluding steroid dienone is 2.